The van der Waals surface area contributed by atoms with Crippen LogP contribution in [0.4, 0.5) is 9.18 Å². The van der Waals surface area contributed by atoms with Crippen molar-refractivity contribution in [2.75, 3.05) is 32.8 Å². The van der Waals surface area contributed by atoms with Gasteiger partial charge in [0, 0.05) is 31.7 Å². The number of benzene rings is 1. The maximum Gasteiger partial charge on any atom is 0.409 e. The highest BCUT2D eigenvalue weighted by Crippen LogP contribution is 2.05. The maximum atomic E-state index is 13.4. The number of nitrogens with zero attached hydrogens (tertiary/aromatic N) is 3. The van der Waals surface area contributed by atoms with E-state index in [1.807, 2.05) is 0 Å². The smallest absolute Gasteiger partial charge is 0.409 e. The predicted molar refractivity (Wildman–Crippen MR) is 87.3 cm³/mol. The topological polar surface area (TPSA) is 91.3 Å². The summed E-state index contributed by atoms with van der Waals surface area (Å²) in [6.45, 7) is 3.02. The van der Waals surface area contributed by atoms with Crippen LogP contribution in [0.2, 0.25) is 0 Å². The van der Waals surface area contributed by atoms with Crippen LogP contribution in [0.5, 0.6) is 0 Å². The van der Waals surface area contributed by atoms with Crippen molar-refractivity contribution < 1.29 is 23.5 Å². The summed E-state index contributed by atoms with van der Waals surface area (Å²) in [5, 5.41) is 3.59. The molecule has 0 radical (unpaired) electrons. The molecule has 0 spiro atoms. The molecule has 2 rings (SSSR count). The molecule has 1 aliphatic rings. The van der Waals surface area contributed by atoms with Crippen LogP contribution >= 0.6 is 0 Å². The molecule has 1 aromatic carbocycles. The minimum Gasteiger partial charge on any atom is -0.450 e. The summed E-state index contributed by atoms with van der Waals surface area (Å²) in [6.07, 6.45) is 0.688. The van der Waals surface area contributed by atoms with Gasteiger partial charge in [0.2, 0.25) is 0 Å². The first kappa shape index (κ1) is 18.4. The number of carbonyl (C=O) groups excluding carboxylic acids is 3. The zero-order valence-electron chi connectivity index (χ0n) is 13.8. The first-order valence-electron chi connectivity index (χ1n) is 7.81. The quantitative estimate of drug-likeness (QED) is 0.490. The average molecular weight is 350 g/mol. The lowest BCUT2D eigenvalue weighted by atomic mass is 10.2. The van der Waals surface area contributed by atoms with Crippen LogP contribution in [0.15, 0.2) is 29.4 Å². The molecule has 1 saturated heterocycles. The third kappa shape index (κ3) is 5.00. The summed E-state index contributed by atoms with van der Waals surface area (Å²) in [7, 11) is 0. The molecule has 1 fully saturated rings. The van der Waals surface area contributed by atoms with Crippen molar-refractivity contribution in [2.45, 2.75) is 6.92 Å². The average Bonchev–Trinajstić information content (AvgIpc) is 2.63. The Bertz CT molecular complexity index is 672. The number of carbonyl (C=O) groups is 3. The van der Waals surface area contributed by atoms with E-state index in [4.69, 9.17) is 4.74 Å². The number of rotatable bonds is 3. The first-order valence-corrected chi connectivity index (χ1v) is 7.81. The van der Waals surface area contributed by atoms with Gasteiger partial charge in [0.15, 0.2) is 0 Å². The lowest BCUT2D eigenvalue weighted by Gasteiger charge is -2.33. The van der Waals surface area contributed by atoms with E-state index in [2.05, 4.69) is 10.5 Å². The lowest BCUT2D eigenvalue weighted by Crippen LogP contribution is -2.53. The number of hydrogen-bond donors (Lipinski definition) is 1. The van der Waals surface area contributed by atoms with Crippen molar-refractivity contribution in [3.63, 3.8) is 0 Å². The van der Waals surface area contributed by atoms with Gasteiger partial charge in [-0.05, 0) is 13.0 Å². The van der Waals surface area contributed by atoms with E-state index in [-0.39, 0.29) is 38.3 Å². The molecule has 9 heteroatoms. The zero-order chi connectivity index (χ0) is 18.2. The number of halogens is 1. The Balaban J connectivity index is 1.82. The van der Waals surface area contributed by atoms with Gasteiger partial charge in [0.05, 0.1) is 12.8 Å². The standard InChI is InChI=1S/C16H19FN4O4/c1-2-25-16(24)21-9-7-20(8-10-21)15(23)14(22)19-18-11-12-5-3-4-6-13(12)17/h3-6,11H,2,7-10H2,1H3,(H,19,22)/b18-11-. The fourth-order valence-electron chi connectivity index (χ4n) is 2.24. The molecule has 0 unspecified atom stereocenters. The number of amides is 3. The highest BCUT2D eigenvalue weighted by atomic mass is 19.1. The second kappa shape index (κ2) is 8.76. The molecule has 0 aromatic heterocycles. The third-order valence-electron chi connectivity index (χ3n) is 3.56. The SMILES string of the molecule is CCOC(=O)N1CCN(C(=O)C(=O)N/N=C\c2ccccc2F)CC1. The van der Waals surface area contributed by atoms with Crippen LogP contribution in [-0.2, 0) is 14.3 Å². The largest absolute Gasteiger partial charge is 0.450 e. The Labute approximate surface area is 144 Å². The van der Waals surface area contributed by atoms with Crippen molar-refractivity contribution >= 4 is 24.1 Å². The lowest BCUT2D eigenvalue weighted by molar-refractivity contribution is -0.146. The van der Waals surface area contributed by atoms with Crippen LogP contribution in [0.1, 0.15) is 12.5 Å². The fraction of sp³-hybridized carbons (Fsp3) is 0.375. The predicted octanol–water partition coefficient (Wildman–Crippen LogP) is 0.577. The van der Waals surface area contributed by atoms with Gasteiger partial charge in [-0.2, -0.15) is 5.10 Å². The number of hydrazone groups is 1. The van der Waals surface area contributed by atoms with E-state index in [1.165, 1.54) is 28.0 Å². The highest BCUT2D eigenvalue weighted by molar-refractivity contribution is 6.35. The van der Waals surface area contributed by atoms with Gasteiger partial charge < -0.3 is 14.5 Å². The van der Waals surface area contributed by atoms with Crippen molar-refractivity contribution in [1.82, 2.24) is 15.2 Å². The van der Waals surface area contributed by atoms with Gasteiger partial charge in [0.1, 0.15) is 5.82 Å². The van der Waals surface area contributed by atoms with E-state index < -0.39 is 23.7 Å². The van der Waals surface area contributed by atoms with Gasteiger partial charge in [-0.25, -0.2) is 14.6 Å². The van der Waals surface area contributed by atoms with Gasteiger partial charge in [-0.15, -0.1) is 0 Å². The number of ether oxygens (including phenoxy) is 1. The Hall–Kier alpha value is -2.97. The molecule has 0 aliphatic carbocycles. The molecule has 1 N–H and O–H groups in total. The summed E-state index contributed by atoms with van der Waals surface area (Å²) in [6, 6.07) is 5.91. The van der Waals surface area contributed by atoms with E-state index >= 15 is 0 Å². The van der Waals surface area contributed by atoms with Gasteiger partial charge in [-0.3, -0.25) is 9.59 Å². The molecule has 1 aliphatic heterocycles. The Morgan fingerprint density at radius 2 is 1.84 bits per heavy atom. The summed E-state index contributed by atoms with van der Waals surface area (Å²) < 4.78 is 18.3. The minimum atomic E-state index is -0.919. The van der Waals surface area contributed by atoms with Crippen molar-refractivity contribution in [3.05, 3.63) is 35.6 Å². The van der Waals surface area contributed by atoms with Crippen molar-refractivity contribution in [2.24, 2.45) is 5.10 Å². The molecule has 134 valence electrons. The van der Waals surface area contributed by atoms with Gasteiger partial charge >= 0.3 is 17.9 Å². The van der Waals surface area contributed by atoms with Crippen LogP contribution in [-0.4, -0.2) is 66.7 Å². The zero-order valence-corrected chi connectivity index (χ0v) is 13.8. The fourth-order valence-corrected chi connectivity index (χ4v) is 2.24. The number of hydrogen-bond acceptors (Lipinski definition) is 5. The van der Waals surface area contributed by atoms with Gasteiger partial charge in [-0.1, -0.05) is 18.2 Å². The van der Waals surface area contributed by atoms with Crippen molar-refractivity contribution in [1.29, 1.82) is 0 Å². The number of piperazine rings is 1. The molecule has 0 atom stereocenters. The van der Waals surface area contributed by atoms with Crippen LogP contribution in [0, 0.1) is 5.82 Å². The van der Waals surface area contributed by atoms with Crippen LogP contribution < -0.4 is 5.43 Å². The minimum absolute atomic E-state index is 0.193. The van der Waals surface area contributed by atoms with Gasteiger partial charge in [0.25, 0.3) is 0 Å². The molecular weight excluding hydrogens is 331 g/mol. The molecule has 25 heavy (non-hydrogen) atoms. The monoisotopic (exact) mass is 350 g/mol. The Kier molecular flexibility index (Phi) is 6.44. The van der Waals surface area contributed by atoms with Crippen LogP contribution in [0.25, 0.3) is 0 Å². The molecule has 3 amide bonds. The molecular formula is C16H19FN4O4. The van der Waals surface area contributed by atoms with Crippen molar-refractivity contribution in [3.8, 4) is 0 Å². The Morgan fingerprint density at radius 1 is 1.20 bits per heavy atom. The first-order chi connectivity index (χ1) is 12.0. The van der Waals surface area contributed by atoms with Crippen LogP contribution in [0.3, 0.4) is 0 Å². The molecule has 0 bridgehead atoms. The molecule has 0 saturated carbocycles. The van der Waals surface area contributed by atoms with E-state index in [0.717, 1.165) is 6.21 Å². The second-order valence-electron chi connectivity index (χ2n) is 5.20. The summed E-state index contributed by atoms with van der Waals surface area (Å²) in [5.41, 5.74) is 2.27. The highest BCUT2D eigenvalue weighted by Gasteiger charge is 2.28. The number of nitrogens with one attached hydrogen (secondary N) is 1. The summed E-state index contributed by atoms with van der Waals surface area (Å²) in [4.78, 5) is 38.2. The van der Waals surface area contributed by atoms with E-state index in [1.54, 1.807) is 13.0 Å². The molecule has 1 aromatic rings. The summed E-state index contributed by atoms with van der Waals surface area (Å²) in [5.74, 6) is -2.16. The maximum absolute atomic E-state index is 13.4. The van der Waals surface area contributed by atoms with E-state index in [0.29, 0.717) is 0 Å². The van der Waals surface area contributed by atoms with E-state index in [9.17, 15) is 18.8 Å². The summed E-state index contributed by atoms with van der Waals surface area (Å²) >= 11 is 0. The third-order valence-corrected chi connectivity index (χ3v) is 3.56. The second-order valence-corrected chi connectivity index (χ2v) is 5.20. The normalized spacial score (nSPS) is 14.5. The Morgan fingerprint density at radius 3 is 2.48 bits per heavy atom. The molecule has 8 nitrogen and oxygen atoms in total. The molecule has 1 heterocycles.